The number of benzene rings is 1. The van der Waals surface area contributed by atoms with Crippen molar-refractivity contribution in [3.8, 4) is 11.5 Å². The molecule has 0 aliphatic heterocycles. The molecule has 0 saturated heterocycles. The molecule has 0 atom stereocenters. The number of ether oxygens (including phenoxy) is 2. The Bertz CT molecular complexity index is 499. The second kappa shape index (κ2) is 6.66. The predicted molar refractivity (Wildman–Crippen MR) is 77.0 cm³/mol. The minimum absolute atomic E-state index is 0.618. The number of hydrogen-bond donors (Lipinski definition) is 1. The summed E-state index contributed by atoms with van der Waals surface area (Å²) in [5, 5.41) is 1.09. The van der Waals surface area contributed by atoms with Crippen LogP contribution in [0.3, 0.4) is 0 Å². The lowest BCUT2D eigenvalue weighted by atomic mass is 10.3. The van der Waals surface area contributed by atoms with E-state index in [9.17, 15) is 0 Å². The lowest BCUT2D eigenvalue weighted by molar-refractivity contribution is 0.319. The zero-order valence-electron chi connectivity index (χ0n) is 10.1. The first kappa shape index (κ1) is 13.2. The van der Waals surface area contributed by atoms with Crippen molar-refractivity contribution in [2.24, 2.45) is 0 Å². The van der Waals surface area contributed by atoms with Gasteiger partial charge in [0, 0.05) is 29.3 Å². The normalized spacial score (nSPS) is 10.3. The van der Waals surface area contributed by atoms with Crippen LogP contribution in [0, 0.1) is 0 Å². The summed E-state index contributed by atoms with van der Waals surface area (Å²) in [6.07, 6.45) is 2.69. The summed E-state index contributed by atoms with van der Waals surface area (Å²) >= 11 is 5.90. The number of nitrogens with zero attached hydrogens (tertiary/aromatic N) is 1. The first-order chi connectivity index (χ1) is 8.81. The largest absolute Gasteiger partial charge is 0.497 e. The summed E-state index contributed by atoms with van der Waals surface area (Å²) in [6.45, 7) is 0.618. The van der Waals surface area contributed by atoms with Gasteiger partial charge < -0.3 is 9.47 Å². The second-order valence-corrected chi connectivity index (χ2v) is 5.17. The van der Waals surface area contributed by atoms with Crippen LogP contribution in [0.4, 0.5) is 0 Å². The summed E-state index contributed by atoms with van der Waals surface area (Å²) in [6, 6.07) is 7.60. The number of thiol groups is 1. The summed E-state index contributed by atoms with van der Waals surface area (Å²) in [5.74, 6) is 2.37. The van der Waals surface area contributed by atoms with E-state index in [2.05, 4.69) is 17.6 Å². The highest BCUT2D eigenvalue weighted by molar-refractivity contribution is 7.79. The van der Waals surface area contributed by atoms with Crippen molar-refractivity contribution in [1.29, 1.82) is 0 Å². The van der Waals surface area contributed by atoms with Crippen LogP contribution in [0.15, 0.2) is 30.5 Å². The van der Waals surface area contributed by atoms with E-state index in [1.54, 1.807) is 18.4 Å². The molecule has 3 nitrogen and oxygen atoms in total. The van der Waals surface area contributed by atoms with Gasteiger partial charge in [0.2, 0.25) is 0 Å². The van der Waals surface area contributed by atoms with Gasteiger partial charge in [0.05, 0.1) is 18.7 Å². The molecule has 0 N–H and O–H groups in total. The summed E-state index contributed by atoms with van der Waals surface area (Å²) in [4.78, 5) is 5.51. The van der Waals surface area contributed by atoms with Gasteiger partial charge in [0.1, 0.15) is 11.5 Å². The van der Waals surface area contributed by atoms with E-state index in [1.807, 2.05) is 30.5 Å². The zero-order valence-corrected chi connectivity index (χ0v) is 11.8. The minimum Gasteiger partial charge on any atom is -0.497 e. The maximum absolute atomic E-state index is 5.66. The number of methoxy groups -OCH3 is 1. The lowest BCUT2D eigenvalue weighted by Crippen LogP contribution is -2.00. The Kier molecular flexibility index (Phi) is 4.90. The van der Waals surface area contributed by atoms with Gasteiger partial charge in [-0.05, 0) is 12.1 Å². The molecule has 2 rings (SSSR count). The number of aromatic nitrogens is 1. The van der Waals surface area contributed by atoms with Gasteiger partial charge in [-0.1, -0.05) is 6.07 Å². The Labute approximate surface area is 116 Å². The Morgan fingerprint density at radius 1 is 1.33 bits per heavy atom. The third kappa shape index (κ3) is 3.65. The standard InChI is InChI=1S/C13H15NO2S2/c1-15-10-3-2-4-11(7-10)16-6-5-13-14-8-12(9-17)18-13/h2-4,7-8,17H,5-6,9H2,1H3. The molecular weight excluding hydrogens is 266 g/mol. The van der Waals surface area contributed by atoms with Crippen molar-refractivity contribution in [3.63, 3.8) is 0 Å². The van der Waals surface area contributed by atoms with Crippen LogP contribution in [0.1, 0.15) is 9.88 Å². The third-order valence-electron chi connectivity index (χ3n) is 2.38. The highest BCUT2D eigenvalue weighted by Gasteiger charge is 2.02. The van der Waals surface area contributed by atoms with Crippen LogP contribution in [-0.4, -0.2) is 18.7 Å². The average Bonchev–Trinajstić information content (AvgIpc) is 2.87. The molecule has 5 heteroatoms. The number of rotatable bonds is 6. The van der Waals surface area contributed by atoms with E-state index >= 15 is 0 Å². The molecule has 0 fully saturated rings. The molecule has 0 radical (unpaired) electrons. The first-order valence-corrected chi connectivity index (χ1v) is 7.08. The maximum Gasteiger partial charge on any atom is 0.123 e. The molecule has 96 valence electrons. The number of hydrogen-bond acceptors (Lipinski definition) is 5. The molecule has 0 amide bonds. The monoisotopic (exact) mass is 281 g/mol. The molecule has 18 heavy (non-hydrogen) atoms. The van der Waals surface area contributed by atoms with Crippen molar-refractivity contribution < 1.29 is 9.47 Å². The molecule has 0 aliphatic carbocycles. The highest BCUT2D eigenvalue weighted by Crippen LogP contribution is 2.20. The fraction of sp³-hybridized carbons (Fsp3) is 0.308. The van der Waals surface area contributed by atoms with Crippen LogP contribution in [0.2, 0.25) is 0 Å². The second-order valence-electron chi connectivity index (χ2n) is 3.66. The van der Waals surface area contributed by atoms with Gasteiger partial charge >= 0.3 is 0 Å². The molecule has 1 aromatic carbocycles. The van der Waals surface area contributed by atoms with Crippen molar-refractivity contribution in [1.82, 2.24) is 4.98 Å². The van der Waals surface area contributed by atoms with Gasteiger partial charge in [0.15, 0.2) is 0 Å². The summed E-state index contributed by atoms with van der Waals surface area (Å²) < 4.78 is 10.8. The Morgan fingerprint density at radius 3 is 2.89 bits per heavy atom. The quantitative estimate of drug-likeness (QED) is 0.825. The Morgan fingerprint density at radius 2 is 2.17 bits per heavy atom. The molecule has 0 spiro atoms. The van der Waals surface area contributed by atoms with Crippen molar-refractivity contribution in [2.75, 3.05) is 13.7 Å². The molecule has 0 saturated carbocycles. The maximum atomic E-state index is 5.66. The SMILES string of the molecule is COc1cccc(OCCc2ncc(CS)s2)c1. The van der Waals surface area contributed by atoms with E-state index < -0.39 is 0 Å². The van der Waals surface area contributed by atoms with Crippen LogP contribution < -0.4 is 9.47 Å². The molecule has 2 aromatic rings. The van der Waals surface area contributed by atoms with Gasteiger partial charge in [-0.2, -0.15) is 12.6 Å². The minimum atomic E-state index is 0.618. The van der Waals surface area contributed by atoms with Crippen LogP contribution >= 0.6 is 24.0 Å². The lowest BCUT2D eigenvalue weighted by Gasteiger charge is -2.06. The third-order valence-corrected chi connectivity index (χ3v) is 3.99. The summed E-state index contributed by atoms with van der Waals surface area (Å²) in [7, 11) is 1.65. The topological polar surface area (TPSA) is 31.4 Å². The van der Waals surface area contributed by atoms with Gasteiger partial charge in [0.25, 0.3) is 0 Å². The van der Waals surface area contributed by atoms with E-state index in [1.165, 1.54) is 4.88 Å². The zero-order chi connectivity index (χ0) is 12.8. The predicted octanol–water partition coefficient (Wildman–Crippen LogP) is 3.20. The van der Waals surface area contributed by atoms with Crippen molar-refractivity contribution >= 4 is 24.0 Å². The Hall–Kier alpha value is -1.20. The highest BCUT2D eigenvalue weighted by atomic mass is 32.1. The Balaban J connectivity index is 1.84. The average molecular weight is 281 g/mol. The molecule has 0 bridgehead atoms. The first-order valence-electron chi connectivity index (χ1n) is 5.63. The van der Waals surface area contributed by atoms with E-state index in [0.29, 0.717) is 6.61 Å². The molecule has 1 aromatic heterocycles. The molecule has 0 aliphatic rings. The van der Waals surface area contributed by atoms with Gasteiger partial charge in [-0.25, -0.2) is 4.98 Å². The van der Waals surface area contributed by atoms with Crippen molar-refractivity contribution in [2.45, 2.75) is 12.2 Å². The summed E-state index contributed by atoms with van der Waals surface area (Å²) in [5.41, 5.74) is 0. The van der Waals surface area contributed by atoms with Crippen LogP contribution in [-0.2, 0) is 12.2 Å². The van der Waals surface area contributed by atoms with E-state index in [4.69, 9.17) is 9.47 Å². The molecular formula is C13H15NO2S2. The fourth-order valence-corrected chi connectivity index (χ4v) is 2.52. The molecule has 0 unspecified atom stereocenters. The van der Waals surface area contributed by atoms with Gasteiger partial charge in [-0.3, -0.25) is 0 Å². The van der Waals surface area contributed by atoms with E-state index in [0.717, 1.165) is 28.7 Å². The molecule has 1 heterocycles. The van der Waals surface area contributed by atoms with Crippen LogP contribution in [0.25, 0.3) is 0 Å². The number of thiazole rings is 1. The van der Waals surface area contributed by atoms with Crippen LogP contribution in [0.5, 0.6) is 11.5 Å². The fourth-order valence-electron chi connectivity index (χ4n) is 1.48. The van der Waals surface area contributed by atoms with Gasteiger partial charge in [-0.15, -0.1) is 11.3 Å². The smallest absolute Gasteiger partial charge is 0.123 e. The van der Waals surface area contributed by atoms with Crippen molar-refractivity contribution in [3.05, 3.63) is 40.3 Å². The van der Waals surface area contributed by atoms with E-state index in [-0.39, 0.29) is 0 Å².